The lowest BCUT2D eigenvalue weighted by Crippen LogP contribution is -2.29. The molecule has 0 aromatic heterocycles. The van der Waals surface area contributed by atoms with Crippen LogP contribution in [0.3, 0.4) is 0 Å². The Morgan fingerprint density at radius 1 is 1.03 bits per heavy atom. The Balaban J connectivity index is 1.73. The molecule has 30 heavy (non-hydrogen) atoms. The second kappa shape index (κ2) is 8.28. The molecule has 0 amide bonds. The summed E-state index contributed by atoms with van der Waals surface area (Å²) in [5, 5.41) is 2.45. The van der Waals surface area contributed by atoms with Crippen LogP contribution in [0.4, 0.5) is 0 Å². The fraction of sp³-hybridized carbons (Fsp3) is 0.333. The third-order valence-corrected chi connectivity index (χ3v) is 6.57. The fourth-order valence-electron chi connectivity index (χ4n) is 4.28. The van der Waals surface area contributed by atoms with Gasteiger partial charge in [0, 0.05) is 25.4 Å². The van der Waals surface area contributed by atoms with Crippen molar-refractivity contribution in [1.29, 1.82) is 0 Å². The molecule has 0 aliphatic carbocycles. The second-order valence-electron chi connectivity index (χ2n) is 7.78. The highest BCUT2D eigenvalue weighted by molar-refractivity contribution is 7.90. The molecule has 5 nitrogen and oxygen atoms in total. The zero-order valence-electron chi connectivity index (χ0n) is 17.6. The van der Waals surface area contributed by atoms with Crippen LogP contribution in [0.5, 0.6) is 11.5 Å². The average molecular weight is 426 g/mol. The molecule has 1 unspecified atom stereocenters. The van der Waals surface area contributed by atoms with Crippen LogP contribution in [-0.2, 0) is 22.9 Å². The zero-order valence-corrected chi connectivity index (χ0v) is 18.4. The molecule has 0 fully saturated rings. The third-order valence-electron chi connectivity index (χ3n) is 5.65. The fourth-order valence-corrected chi connectivity index (χ4v) is 5.26. The second-order valence-corrected chi connectivity index (χ2v) is 9.97. The summed E-state index contributed by atoms with van der Waals surface area (Å²) >= 11 is 0. The molecular weight excluding hydrogens is 398 g/mol. The number of hydrogen-bond donors (Lipinski definition) is 0. The van der Waals surface area contributed by atoms with Gasteiger partial charge < -0.3 is 9.47 Å². The smallest absolute Gasteiger partial charge is 0.161 e. The van der Waals surface area contributed by atoms with Gasteiger partial charge in [0.25, 0.3) is 0 Å². The van der Waals surface area contributed by atoms with Gasteiger partial charge >= 0.3 is 0 Å². The van der Waals surface area contributed by atoms with E-state index in [0.717, 1.165) is 12.1 Å². The highest BCUT2D eigenvalue weighted by atomic mass is 32.2. The summed E-state index contributed by atoms with van der Waals surface area (Å²) in [6, 6.07) is 18.1. The van der Waals surface area contributed by atoms with E-state index in [2.05, 4.69) is 35.2 Å². The number of benzene rings is 3. The van der Waals surface area contributed by atoms with E-state index < -0.39 is 9.84 Å². The minimum absolute atomic E-state index is 0.0524. The molecule has 158 valence electrons. The van der Waals surface area contributed by atoms with Gasteiger partial charge in [0.15, 0.2) is 11.5 Å². The Morgan fingerprint density at radius 2 is 1.83 bits per heavy atom. The Hall–Kier alpha value is -2.57. The van der Waals surface area contributed by atoms with Crippen molar-refractivity contribution >= 4 is 20.6 Å². The number of hydrogen-bond acceptors (Lipinski definition) is 5. The lowest BCUT2D eigenvalue weighted by molar-refractivity contribution is 0.216. The minimum Gasteiger partial charge on any atom is -0.493 e. The van der Waals surface area contributed by atoms with Crippen molar-refractivity contribution < 1.29 is 17.9 Å². The lowest BCUT2D eigenvalue weighted by Gasteiger charge is -2.28. The van der Waals surface area contributed by atoms with E-state index in [1.165, 1.54) is 28.2 Å². The van der Waals surface area contributed by atoms with Crippen molar-refractivity contribution in [3.05, 3.63) is 71.3 Å². The summed E-state index contributed by atoms with van der Waals surface area (Å²) < 4.78 is 35.8. The molecule has 1 aliphatic rings. The molecular formula is C24H27NO4S. The van der Waals surface area contributed by atoms with Crippen LogP contribution in [0.25, 0.3) is 10.8 Å². The first-order valence-electron chi connectivity index (χ1n) is 10.1. The SMILES string of the molecule is CCOc1cc(C(CS(C)(=O)=O)N2Cc3ccc4ccccc4c3C2)ccc1OC. The molecule has 0 saturated heterocycles. The van der Waals surface area contributed by atoms with Gasteiger partial charge in [-0.15, -0.1) is 0 Å². The van der Waals surface area contributed by atoms with Gasteiger partial charge in [-0.25, -0.2) is 8.42 Å². The molecule has 0 N–H and O–H groups in total. The maximum atomic E-state index is 12.3. The topological polar surface area (TPSA) is 55.8 Å². The predicted molar refractivity (Wildman–Crippen MR) is 120 cm³/mol. The maximum absolute atomic E-state index is 12.3. The van der Waals surface area contributed by atoms with Crippen molar-refractivity contribution in [1.82, 2.24) is 4.90 Å². The van der Waals surface area contributed by atoms with Crippen molar-refractivity contribution in [2.45, 2.75) is 26.1 Å². The molecule has 0 bridgehead atoms. The van der Waals surface area contributed by atoms with Gasteiger partial charge in [0.1, 0.15) is 9.84 Å². The molecule has 0 saturated carbocycles. The minimum atomic E-state index is -3.19. The van der Waals surface area contributed by atoms with Crippen molar-refractivity contribution in [3.63, 3.8) is 0 Å². The highest BCUT2D eigenvalue weighted by Gasteiger charge is 2.31. The highest BCUT2D eigenvalue weighted by Crippen LogP contribution is 2.38. The van der Waals surface area contributed by atoms with Crippen LogP contribution < -0.4 is 9.47 Å². The van der Waals surface area contributed by atoms with Crippen LogP contribution in [-0.4, -0.2) is 39.0 Å². The average Bonchev–Trinajstić information content (AvgIpc) is 3.16. The van der Waals surface area contributed by atoms with Crippen LogP contribution in [0, 0.1) is 0 Å². The van der Waals surface area contributed by atoms with Gasteiger partial charge in [-0.2, -0.15) is 0 Å². The summed E-state index contributed by atoms with van der Waals surface area (Å²) in [5.41, 5.74) is 3.46. The van der Waals surface area contributed by atoms with Gasteiger partial charge in [-0.1, -0.05) is 42.5 Å². The number of ether oxygens (including phenoxy) is 2. The molecule has 3 aromatic carbocycles. The number of rotatable bonds is 7. The van der Waals surface area contributed by atoms with Gasteiger partial charge in [-0.05, 0) is 46.5 Å². The molecule has 1 atom stereocenters. The monoisotopic (exact) mass is 425 g/mol. The molecule has 0 radical (unpaired) electrons. The largest absolute Gasteiger partial charge is 0.493 e. The summed E-state index contributed by atoms with van der Waals surface area (Å²) in [6.45, 7) is 3.86. The molecule has 3 aromatic rings. The first kappa shape index (κ1) is 20.7. The number of methoxy groups -OCH3 is 1. The molecule has 4 rings (SSSR count). The first-order chi connectivity index (χ1) is 14.4. The summed E-state index contributed by atoms with van der Waals surface area (Å²) in [4.78, 5) is 2.25. The van der Waals surface area contributed by atoms with Gasteiger partial charge in [0.05, 0.1) is 19.5 Å². The molecule has 6 heteroatoms. The number of fused-ring (bicyclic) bond motifs is 3. The number of sulfone groups is 1. The Kier molecular flexibility index (Phi) is 5.71. The van der Waals surface area contributed by atoms with E-state index in [-0.39, 0.29) is 11.8 Å². The Labute approximate surface area is 178 Å². The molecule has 0 spiro atoms. The lowest BCUT2D eigenvalue weighted by atomic mass is 10.0. The van der Waals surface area contributed by atoms with E-state index in [1.807, 2.05) is 31.2 Å². The normalized spacial score (nSPS) is 15.2. The van der Waals surface area contributed by atoms with Crippen LogP contribution in [0.1, 0.15) is 29.7 Å². The number of nitrogens with zero attached hydrogens (tertiary/aromatic N) is 1. The van der Waals surface area contributed by atoms with Gasteiger partial charge in [-0.3, -0.25) is 4.90 Å². The van der Waals surface area contributed by atoms with Gasteiger partial charge in [0.2, 0.25) is 0 Å². The summed E-state index contributed by atoms with van der Waals surface area (Å²) in [6.07, 6.45) is 1.30. The quantitative estimate of drug-likeness (QED) is 0.563. The van der Waals surface area contributed by atoms with Crippen LogP contribution in [0.2, 0.25) is 0 Å². The van der Waals surface area contributed by atoms with Crippen LogP contribution in [0.15, 0.2) is 54.6 Å². The van der Waals surface area contributed by atoms with E-state index in [0.29, 0.717) is 24.7 Å². The standard InChI is InChI=1S/C24H27NO4S/c1-4-29-24-13-18(11-12-23(24)28-2)22(16-30(3,26)27)25-14-19-10-9-17-7-5-6-8-20(17)21(19)15-25/h5-13,22H,4,14-16H2,1-3H3. The molecule has 1 aliphatic heterocycles. The van der Waals surface area contributed by atoms with E-state index in [4.69, 9.17) is 9.47 Å². The van der Waals surface area contributed by atoms with E-state index in [9.17, 15) is 8.42 Å². The van der Waals surface area contributed by atoms with Crippen molar-refractivity contribution in [2.24, 2.45) is 0 Å². The maximum Gasteiger partial charge on any atom is 0.161 e. The van der Waals surface area contributed by atoms with E-state index in [1.54, 1.807) is 7.11 Å². The summed E-state index contributed by atoms with van der Waals surface area (Å²) in [7, 11) is -1.59. The third kappa shape index (κ3) is 4.16. The predicted octanol–water partition coefficient (Wildman–Crippen LogP) is 4.35. The summed E-state index contributed by atoms with van der Waals surface area (Å²) in [5.74, 6) is 1.34. The Morgan fingerprint density at radius 3 is 2.57 bits per heavy atom. The Bertz CT molecular complexity index is 1170. The van der Waals surface area contributed by atoms with Crippen molar-refractivity contribution in [2.75, 3.05) is 25.7 Å². The van der Waals surface area contributed by atoms with Crippen LogP contribution >= 0.6 is 0 Å². The van der Waals surface area contributed by atoms with E-state index >= 15 is 0 Å². The molecule has 1 heterocycles. The zero-order chi connectivity index (χ0) is 21.3. The first-order valence-corrected chi connectivity index (χ1v) is 12.2. The van der Waals surface area contributed by atoms with Crippen molar-refractivity contribution in [3.8, 4) is 11.5 Å².